The van der Waals surface area contributed by atoms with E-state index in [9.17, 15) is 9.59 Å². The summed E-state index contributed by atoms with van der Waals surface area (Å²) in [6, 6.07) is 0. The van der Waals surface area contributed by atoms with Gasteiger partial charge in [0, 0.05) is 24.9 Å². The average Bonchev–Trinajstić information content (AvgIpc) is 2.46. The summed E-state index contributed by atoms with van der Waals surface area (Å²) >= 11 is 0. The summed E-state index contributed by atoms with van der Waals surface area (Å²) < 4.78 is 6.42. The fourth-order valence-electron chi connectivity index (χ4n) is 4.00. The first-order valence-electron chi connectivity index (χ1n) is 9.71. The van der Waals surface area contributed by atoms with Gasteiger partial charge >= 0.3 is 0 Å². The zero-order chi connectivity index (χ0) is 19.8. The van der Waals surface area contributed by atoms with Gasteiger partial charge in [-0.2, -0.15) is 0 Å². The van der Waals surface area contributed by atoms with Gasteiger partial charge in [-0.25, -0.2) is 0 Å². The van der Waals surface area contributed by atoms with Crippen LogP contribution in [0.5, 0.6) is 0 Å². The Balaban J connectivity index is 4.80. The number of rotatable bonds is 13. The molecule has 0 saturated carbocycles. The molecule has 0 aromatic heterocycles. The molecule has 0 bridgehead atoms. The normalized spacial score (nSPS) is 13.1. The number of carbonyl (C=O) groups is 2. The number of aliphatic hydroxyl groups is 1. The van der Waals surface area contributed by atoms with E-state index in [-0.39, 0.29) is 31.2 Å². The lowest BCUT2D eigenvalue weighted by Gasteiger charge is -2.42. The molecule has 0 amide bonds. The third kappa shape index (κ3) is 6.95. The molecule has 0 aromatic carbocycles. The molecule has 0 unspecified atom stereocenters. The maximum absolute atomic E-state index is 12.8. The fourth-order valence-corrected chi connectivity index (χ4v) is 9.38. The molecule has 0 rings (SSSR count). The summed E-state index contributed by atoms with van der Waals surface area (Å²) in [7, 11) is -2.03. The quantitative estimate of drug-likeness (QED) is 0.467. The molecule has 25 heavy (non-hydrogen) atoms. The SMILES string of the molecule is CC(C)[Si](OCC(=O)C(C)(C)CCCC(=O)CCO)(C(C)C)C(C)C. The molecular weight excluding hydrogens is 332 g/mol. The topological polar surface area (TPSA) is 63.6 Å². The Kier molecular flexibility index (Phi) is 10.4. The van der Waals surface area contributed by atoms with E-state index in [4.69, 9.17) is 9.53 Å². The molecule has 0 heterocycles. The van der Waals surface area contributed by atoms with Gasteiger partial charge in [0.1, 0.15) is 5.78 Å². The van der Waals surface area contributed by atoms with Crippen molar-refractivity contribution in [3.05, 3.63) is 0 Å². The van der Waals surface area contributed by atoms with E-state index in [1.54, 1.807) is 0 Å². The van der Waals surface area contributed by atoms with E-state index in [0.29, 0.717) is 35.9 Å². The second kappa shape index (κ2) is 10.6. The van der Waals surface area contributed by atoms with Gasteiger partial charge < -0.3 is 9.53 Å². The molecule has 0 radical (unpaired) electrons. The van der Waals surface area contributed by atoms with E-state index in [0.717, 1.165) is 0 Å². The van der Waals surface area contributed by atoms with Crippen molar-refractivity contribution in [2.45, 2.75) is 97.7 Å². The van der Waals surface area contributed by atoms with Crippen LogP contribution in [0.4, 0.5) is 0 Å². The van der Waals surface area contributed by atoms with Crippen LogP contribution in [0.25, 0.3) is 0 Å². The number of carbonyl (C=O) groups excluding carboxylic acids is 2. The van der Waals surface area contributed by atoms with E-state index < -0.39 is 13.7 Å². The predicted octanol–water partition coefficient (Wildman–Crippen LogP) is 4.90. The number of hydrogen-bond acceptors (Lipinski definition) is 4. The van der Waals surface area contributed by atoms with Gasteiger partial charge in [-0.05, 0) is 29.5 Å². The molecule has 5 heteroatoms. The van der Waals surface area contributed by atoms with Gasteiger partial charge in [-0.3, -0.25) is 9.59 Å². The van der Waals surface area contributed by atoms with E-state index in [1.807, 2.05) is 13.8 Å². The molecule has 0 aliphatic rings. The highest BCUT2D eigenvalue weighted by Crippen LogP contribution is 2.42. The van der Waals surface area contributed by atoms with Crippen molar-refractivity contribution in [2.24, 2.45) is 5.41 Å². The van der Waals surface area contributed by atoms with Crippen LogP contribution in [-0.2, 0) is 14.0 Å². The van der Waals surface area contributed by atoms with Crippen molar-refractivity contribution in [3.63, 3.8) is 0 Å². The van der Waals surface area contributed by atoms with Gasteiger partial charge in [0.2, 0.25) is 8.32 Å². The Morgan fingerprint density at radius 1 is 0.960 bits per heavy atom. The predicted molar refractivity (Wildman–Crippen MR) is 106 cm³/mol. The number of Topliss-reactive ketones (excluding diaryl/α,β-unsaturated/α-hetero) is 2. The van der Waals surface area contributed by atoms with Crippen molar-refractivity contribution < 1.29 is 19.1 Å². The minimum absolute atomic E-state index is 0.0628. The van der Waals surface area contributed by atoms with Crippen LogP contribution in [0.1, 0.15) is 81.1 Å². The number of aliphatic hydroxyl groups excluding tert-OH is 1. The average molecular weight is 373 g/mol. The summed E-state index contributed by atoms with van der Waals surface area (Å²) in [6.45, 7) is 17.3. The molecule has 0 aliphatic heterocycles. The fraction of sp³-hybridized carbons (Fsp3) is 0.900. The van der Waals surface area contributed by atoms with Crippen molar-refractivity contribution >= 4 is 19.9 Å². The zero-order valence-corrected chi connectivity index (χ0v) is 18.6. The van der Waals surface area contributed by atoms with Gasteiger partial charge in [-0.15, -0.1) is 0 Å². The Morgan fingerprint density at radius 2 is 1.44 bits per heavy atom. The van der Waals surface area contributed by atoms with Gasteiger partial charge in [0.25, 0.3) is 0 Å². The molecule has 1 N–H and O–H groups in total. The van der Waals surface area contributed by atoms with Crippen LogP contribution in [-0.4, -0.2) is 38.2 Å². The summed E-state index contributed by atoms with van der Waals surface area (Å²) in [5, 5.41) is 8.78. The van der Waals surface area contributed by atoms with Crippen molar-refractivity contribution in [1.82, 2.24) is 0 Å². The Hall–Kier alpha value is -0.523. The minimum Gasteiger partial charge on any atom is -0.409 e. The molecule has 0 aliphatic carbocycles. The highest BCUT2D eigenvalue weighted by atomic mass is 28.4. The lowest BCUT2D eigenvalue weighted by atomic mass is 9.83. The van der Waals surface area contributed by atoms with Crippen LogP contribution >= 0.6 is 0 Å². The van der Waals surface area contributed by atoms with Gasteiger partial charge in [0.05, 0.1) is 6.61 Å². The van der Waals surface area contributed by atoms with Crippen molar-refractivity contribution in [3.8, 4) is 0 Å². The zero-order valence-electron chi connectivity index (χ0n) is 17.6. The minimum atomic E-state index is -2.03. The maximum Gasteiger partial charge on any atom is 0.200 e. The van der Waals surface area contributed by atoms with Crippen LogP contribution in [0.3, 0.4) is 0 Å². The lowest BCUT2D eigenvalue weighted by Crippen LogP contribution is -2.49. The van der Waals surface area contributed by atoms with E-state index in [1.165, 1.54) is 0 Å². The number of ketones is 2. The van der Waals surface area contributed by atoms with Crippen LogP contribution in [0.15, 0.2) is 0 Å². The monoisotopic (exact) mass is 372 g/mol. The van der Waals surface area contributed by atoms with Gasteiger partial charge in [-0.1, -0.05) is 55.4 Å². The summed E-state index contributed by atoms with van der Waals surface area (Å²) in [5.74, 6) is 0.189. The first-order valence-corrected chi connectivity index (χ1v) is 11.9. The summed E-state index contributed by atoms with van der Waals surface area (Å²) in [5.41, 5.74) is 0.892. The maximum atomic E-state index is 12.8. The second-order valence-electron chi connectivity index (χ2n) is 8.78. The molecule has 4 nitrogen and oxygen atoms in total. The molecule has 0 spiro atoms. The molecule has 0 saturated heterocycles. The first kappa shape index (κ1) is 24.5. The molecule has 0 fully saturated rings. The third-order valence-corrected chi connectivity index (χ3v) is 11.6. The standard InChI is InChI=1S/C20H40O4Si/c1-15(2)25(16(3)4,17(5)6)24-14-19(23)20(7,8)12-9-10-18(22)11-13-21/h15-17,21H,9-14H2,1-8H3. The Bertz CT molecular complexity index is 406. The molecule has 0 atom stereocenters. The van der Waals surface area contributed by atoms with Crippen molar-refractivity contribution in [2.75, 3.05) is 13.2 Å². The molecular formula is C20H40O4Si. The second-order valence-corrected chi connectivity index (χ2v) is 14.2. The summed E-state index contributed by atoms with van der Waals surface area (Å²) in [6.07, 6.45) is 1.99. The van der Waals surface area contributed by atoms with E-state index in [2.05, 4.69) is 41.5 Å². The highest BCUT2D eigenvalue weighted by Gasteiger charge is 2.46. The lowest BCUT2D eigenvalue weighted by molar-refractivity contribution is -0.130. The third-order valence-electron chi connectivity index (χ3n) is 5.56. The Labute approximate surface area is 155 Å². The van der Waals surface area contributed by atoms with Crippen molar-refractivity contribution in [1.29, 1.82) is 0 Å². The Morgan fingerprint density at radius 3 is 1.84 bits per heavy atom. The first-order chi connectivity index (χ1) is 11.4. The van der Waals surface area contributed by atoms with Crippen LogP contribution in [0, 0.1) is 5.41 Å². The van der Waals surface area contributed by atoms with E-state index >= 15 is 0 Å². The van der Waals surface area contributed by atoms with Crippen LogP contribution in [0.2, 0.25) is 16.6 Å². The smallest absolute Gasteiger partial charge is 0.200 e. The van der Waals surface area contributed by atoms with Crippen LogP contribution < -0.4 is 0 Å². The molecule has 0 aromatic rings. The van der Waals surface area contributed by atoms with Gasteiger partial charge in [0.15, 0.2) is 5.78 Å². The summed E-state index contributed by atoms with van der Waals surface area (Å²) in [4.78, 5) is 24.3. The highest BCUT2D eigenvalue weighted by molar-refractivity contribution is 6.77. The number of hydrogen-bond donors (Lipinski definition) is 1. The molecule has 148 valence electrons. The largest absolute Gasteiger partial charge is 0.409 e.